The number of nitro groups is 1. The predicted octanol–water partition coefficient (Wildman–Crippen LogP) is 4.12. The van der Waals surface area contributed by atoms with E-state index in [0.717, 1.165) is 10.8 Å². The molecule has 0 N–H and O–H groups in total. The summed E-state index contributed by atoms with van der Waals surface area (Å²) < 4.78 is 1.19. The molecule has 0 unspecified atom stereocenters. The minimum absolute atomic E-state index is 0.134. The van der Waals surface area contributed by atoms with E-state index in [4.69, 9.17) is 0 Å². The molecule has 0 atom stereocenters. The van der Waals surface area contributed by atoms with Gasteiger partial charge in [-0.3, -0.25) is 10.1 Å². The monoisotopic (exact) mass is 377 g/mol. The zero-order chi connectivity index (χ0) is 11.0. The van der Waals surface area contributed by atoms with E-state index in [-0.39, 0.29) is 10.6 Å². The van der Waals surface area contributed by atoms with Crippen LogP contribution in [0.3, 0.4) is 0 Å². The van der Waals surface area contributed by atoms with Crippen LogP contribution in [0, 0.1) is 13.7 Å². The summed E-state index contributed by atoms with van der Waals surface area (Å²) in [5.41, 5.74) is 0.134. The van der Waals surface area contributed by atoms with Crippen molar-refractivity contribution < 1.29 is 4.92 Å². The fourth-order valence-electron chi connectivity index (χ4n) is 1.43. The van der Waals surface area contributed by atoms with Gasteiger partial charge < -0.3 is 0 Å². The van der Waals surface area contributed by atoms with E-state index in [1.165, 1.54) is 0 Å². The van der Waals surface area contributed by atoms with Crippen LogP contribution in [0.5, 0.6) is 0 Å². The number of hydrogen-bond donors (Lipinski definition) is 0. The van der Waals surface area contributed by atoms with Crippen LogP contribution in [0.4, 0.5) is 5.69 Å². The van der Waals surface area contributed by atoms with Gasteiger partial charge in [-0.2, -0.15) is 0 Å². The number of rotatable bonds is 1. The second-order valence-corrected chi connectivity index (χ2v) is 4.95. The third kappa shape index (κ3) is 1.85. The van der Waals surface area contributed by atoms with Crippen LogP contribution in [0.25, 0.3) is 10.8 Å². The van der Waals surface area contributed by atoms with E-state index in [1.54, 1.807) is 0 Å². The van der Waals surface area contributed by atoms with Crippen LogP contribution in [-0.2, 0) is 0 Å². The van der Waals surface area contributed by atoms with Crippen LogP contribution < -0.4 is 0 Å². The average Bonchev–Trinajstić information content (AvgIpc) is 2.17. The Balaban J connectivity index is 2.90. The van der Waals surface area contributed by atoms with Crippen molar-refractivity contribution in [2.45, 2.75) is 0 Å². The van der Waals surface area contributed by atoms with Crippen LogP contribution in [0.15, 0.2) is 34.8 Å². The molecule has 5 heteroatoms. The fraction of sp³-hybridized carbons (Fsp3) is 0. The predicted molar refractivity (Wildman–Crippen MR) is 71.0 cm³/mol. The number of halogens is 2. The Hall–Kier alpha value is -0.690. The van der Waals surface area contributed by atoms with Gasteiger partial charge in [-0.05, 0) is 50.0 Å². The van der Waals surface area contributed by atoms with Crippen LogP contribution >= 0.6 is 38.5 Å². The first-order chi connectivity index (χ1) is 7.11. The van der Waals surface area contributed by atoms with Gasteiger partial charge in [0.05, 0.1) is 8.49 Å². The molecule has 2 rings (SSSR count). The first-order valence-electron chi connectivity index (χ1n) is 4.12. The third-order valence-corrected chi connectivity index (χ3v) is 3.72. The van der Waals surface area contributed by atoms with Crippen molar-refractivity contribution in [1.29, 1.82) is 0 Å². The minimum Gasteiger partial charge on any atom is -0.258 e. The van der Waals surface area contributed by atoms with Crippen molar-refractivity contribution in [1.82, 2.24) is 0 Å². The van der Waals surface area contributed by atoms with Gasteiger partial charge in [0, 0.05) is 5.39 Å². The molecule has 2 aromatic rings. The fourth-order valence-corrected chi connectivity index (χ4v) is 3.32. The zero-order valence-electron chi connectivity index (χ0n) is 7.41. The number of hydrogen-bond acceptors (Lipinski definition) is 2. The summed E-state index contributed by atoms with van der Waals surface area (Å²) >= 11 is 5.26. The molecule has 15 heavy (non-hydrogen) atoms. The first kappa shape index (κ1) is 10.8. The van der Waals surface area contributed by atoms with Gasteiger partial charge in [-0.15, -0.1) is 0 Å². The molecule has 0 aliphatic carbocycles. The Bertz CT molecular complexity index is 556. The van der Waals surface area contributed by atoms with E-state index in [2.05, 4.69) is 15.9 Å². The molecule has 0 radical (unpaired) electrons. The van der Waals surface area contributed by atoms with E-state index in [9.17, 15) is 10.1 Å². The Morgan fingerprint density at radius 1 is 1.33 bits per heavy atom. The largest absolute Gasteiger partial charge is 0.297 e. The van der Waals surface area contributed by atoms with Crippen molar-refractivity contribution in [2.75, 3.05) is 0 Å². The van der Waals surface area contributed by atoms with Crippen LogP contribution in [-0.4, -0.2) is 4.92 Å². The summed E-state index contributed by atoms with van der Waals surface area (Å²) in [6.45, 7) is 0. The van der Waals surface area contributed by atoms with Gasteiger partial charge in [0.1, 0.15) is 4.47 Å². The molecule has 2 aromatic carbocycles. The molecule has 0 amide bonds. The Morgan fingerprint density at radius 2 is 2.00 bits per heavy atom. The molecule has 0 bridgehead atoms. The van der Waals surface area contributed by atoms with E-state index >= 15 is 0 Å². The first-order valence-corrected chi connectivity index (χ1v) is 5.99. The number of fused-ring (bicyclic) bond motifs is 1. The second-order valence-electron chi connectivity index (χ2n) is 3.00. The zero-order valence-corrected chi connectivity index (χ0v) is 11.1. The lowest BCUT2D eigenvalue weighted by Crippen LogP contribution is -1.93. The molecule has 0 saturated heterocycles. The highest BCUT2D eigenvalue weighted by molar-refractivity contribution is 14.1. The minimum atomic E-state index is -0.363. The normalized spacial score (nSPS) is 10.5. The molecule has 0 aromatic heterocycles. The summed E-state index contributed by atoms with van der Waals surface area (Å²) in [5.74, 6) is 0. The van der Waals surface area contributed by atoms with Crippen LogP contribution in [0.2, 0.25) is 0 Å². The van der Waals surface area contributed by atoms with Gasteiger partial charge in [-0.1, -0.05) is 24.3 Å². The van der Waals surface area contributed by atoms with Gasteiger partial charge in [0.15, 0.2) is 0 Å². The van der Waals surface area contributed by atoms with Crippen molar-refractivity contribution in [3.8, 4) is 0 Å². The molecule has 0 aliphatic heterocycles. The summed E-state index contributed by atoms with van der Waals surface area (Å²) in [4.78, 5) is 10.5. The summed E-state index contributed by atoms with van der Waals surface area (Å²) in [6.07, 6.45) is 0. The maximum atomic E-state index is 10.9. The molecular formula is C10H5BrINO2. The number of benzene rings is 2. The topological polar surface area (TPSA) is 43.1 Å². The molecule has 0 aliphatic rings. The Labute approximate surface area is 108 Å². The van der Waals surface area contributed by atoms with E-state index in [0.29, 0.717) is 8.04 Å². The summed E-state index contributed by atoms with van der Waals surface area (Å²) in [7, 11) is 0. The number of nitro benzene ring substituents is 1. The lowest BCUT2D eigenvalue weighted by Gasteiger charge is -2.03. The lowest BCUT2D eigenvalue weighted by molar-refractivity contribution is -0.386. The molecule has 0 spiro atoms. The standard InChI is InChI=1S/C10H5BrINO2/c11-9-7-4-2-1-3-6(7)5-8(12)10(9)13(14)15/h1-5H. The van der Waals surface area contributed by atoms with E-state index < -0.39 is 0 Å². The highest BCUT2D eigenvalue weighted by Crippen LogP contribution is 2.36. The molecule has 0 saturated carbocycles. The lowest BCUT2D eigenvalue weighted by atomic mass is 10.1. The van der Waals surface area contributed by atoms with Crippen molar-refractivity contribution in [3.05, 3.63) is 48.5 Å². The molecule has 0 heterocycles. The quantitative estimate of drug-likeness (QED) is 0.426. The highest BCUT2D eigenvalue weighted by atomic mass is 127. The maximum absolute atomic E-state index is 10.9. The molecule has 0 fully saturated rings. The Morgan fingerprint density at radius 3 is 2.67 bits per heavy atom. The smallest absolute Gasteiger partial charge is 0.258 e. The molecule has 76 valence electrons. The van der Waals surface area contributed by atoms with Gasteiger partial charge in [0.2, 0.25) is 0 Å². The average molecular weight is 378 g/mol. The van der Waals surface area contributed by atoms with Gasteiger partial charge >= 0.3 is 0 Å². The highest BCUT2D eigenvalue weighted by Gasteiger charge is 2.19. The third-order valence-electron chi connectivity index (χ3n) is 2.10. The van der Waals surface area contributed by atoms with Crippen molar-refractivity contribution >= 4 is 55.0 Å². The van der Waals surface area contributed by atoms with Gasteiger partial charge in [0.25, 0.3) is 5.69 Å². The molecular weight excluding hydrogens is 373 g/mol. The van der Waals surface area contributed by atoms with E-state index in [1.807, 2.05) is 52.9 Å². The summed E-state index contributed by atoms with van der Waals surface area (Å²) in [5, 5.41) is 12.7. The van der Waals surface area contributed by atoms with Crippen molar-refractivity contribution in [3.63, 3.8) is 0 Å². The SMILES string of the molecule is O=[N+]([O-])c1c(I)cc2ccccc2c1Br. The Kier molecular flexibility index (Phi) is 2.92. The number of nitrogens with zero attached hydrogens (tertiary/aromatic N) is 1. The van der Waals surface area contributed by atoms with Gasteiger partial charge in [-0.25, -0.2) is 0 Å². The molecule has 3 nitrogen and oxygen atoms in total. The van der Waals surface area contributed by atoms with Crippen LogP contribution in [0.1, 0.15) is 0 Å². The summed E-state index contributed by atoms with van der Waals surface area (Å²) in [6, 6.07) is 9.40. The maximum Gasteiger partial charge on any atom is 0.297 e. The second kappa shape index (κ2) is 4.05. The van der Waals surface area contributed by atoms with Crippen molar-refractivity contribution in [2.24, 2.45) is 0 Å².